The lowest BCUT2D eigenvalue weighted by Crippen LogP contribution is -2.50. The monoisotopic (exact) mass is 363 g/mol. The van der Waals surface area contributed by atoms with E-state index in [-0.39, 0.29) is 11.8 Å². The van der Waals surface area contributed by atoms with Crippen LogP contribution in [0.3, 0.4) is 0 Å². The molecule has 1 fully saturated rings. The summed E-state index contributed by atoms with van der Waals surface area (Å²) in [6.07, 6.45) is 0. The standard InChI is InChI=1S/C21H21N3O3/c1-14-4-3-5-16(12-14)20(25)23-8-10-24(11-9-23)21(26)17-6-7-19-18(13-17)22-15(2)27-19/h3-7,12-13H,8-11H2,1-2H3. The third-order valence-electron chi connectivity index (χ3n) is 4.86. The van der Waals surface area contributed by atoms with E-state index in [1.54, 1.807) is 30.0 Å². The first-order valence-electron chi connectivity index (χ1n) is 9.04. The number of oxazole rings is 1. The van der Waals surface area contributed by atoms with Gasteiger partial charge in [-0.1, -0.05) is 17.7 Å². The summed E-state index contributed by atoms with van der Waals surface area (Å²) < 4.78 is 5.46. The number of nitrogens with zero attached hydrogens (tertiary/aromatic N) is 3. The van der Waals surface area contributed by atoms with Gasteiger partial charge in [0.15, 0.2) is 11.5 Å². The second-order valence-corrected chi connectivity index (χ2v) is 6.87. The van der Waals surface area contributed by atoms with Gasteiger partial charge in [-0.15, -0.1) is 0 Å². The molecule has 2 amide bonds. The molecule has 0 N–H and O–H groups in total. The molecular weight excluding hydrogens is 342 g/mol. The summed E-state index contributed by atoms with van der Waals surface area (Å²) in [6.45, 7) is 5.86. The van der Waals surface area contributed by atoms with E-state index in [1.807, 2.05) is 36.1 Å². The number of piperazine rings is 1. The quantitative estimate of drug-likeness (QED) is 0.702. The molecule has 3 aromatic rings. The molecular formula is C21H21N3O3. The van der Waals surface area contributed by atoms with Gasteiger partial charge in [0.05, 0.1) is 0 Å². The van der Waals surface area contributed by atoms with Gasteiger partial charge in [-0.2, -0.15) is 0 Å². The summed E-state index contributed by atoms with van der Waals surface area (Å²) in [7, 11) is 0. The van der Waals surface area contributed by atoms with E-state index < -0.39 is 0 Å². The van der Waals surface area contributed by atoms with Gasteiger partial charge >= 0.3 is 0 Å². The highest BCUT2D eigenvalue weighted by atomic mass is 16.3. The molecule has 6 heteroatoms. The number of carbonyl (C=O) groups is 2. The topological polar surface area (TPSA) is 66.7 Å². The summed E-state index contributed by atoms with van der Waals surface area (Å²) in [5, 5.41) is 0. The van der Waals surface area contributed by atoms with Gasteiger partial charge in [-0.25, -0.2) is 4.98 Å². The Kier molecular flexibility index (Phi) is 4.39. The minimum atomic E-state index is -0.0415. The van der Waals surface area contributed by atoms with Crippen molar-refractivity contribution in [1.82, 2.24) is 14.8 Å². The van der Waals surface area contributed by atoms with Crippen molar-refractivity contribution >= 4 is 22.9 Å². The highest BCUT2D eigenvalue weighted by molar-refractivity contribution is 5.98. The zero-order chi connectivity index (χ0) is 19.0. The van der Waals surface area contributed by atoms with E-state index in [9.17, 15) is 9.59 Å². The Morgan fingerprint density at radius 3 is 2.15 bits per heavy atom. The molecule has 27 heavy (non-hydrogen) atoms. The third-order valence-corrected chi connectivity index (χ3v) is 4.86. The maximum absolute atomic E-state index is 12.8. The SMILES string of the molecule is Cc1cccc(C(=O)N2CCN(C(=O)c3ccc4oc(C)nc4c3)CC2)c1. The van der Waals surface area contributed by atoms with Crippen LogP contribution in [0.5, 0.6) is 0 Å². The molecule has 0 spiro atoms. The van der Waals surface area contributed by atoms with Gasteiger partial charge in [0, 0.05) is 44.2 Å². The van der Waals surface area contributed by atoms with E-state index in [0.29, 0.717) is 54.3 Å². The van der Waals surface area contributed by atoms with Gasteiger partial charge in [-0.05, 0) is 37.3 Å². The van der Waals surface area contributed by atoms with Crippen LogP contribution in [0.1, 0.15) is 32.2 Å². The lowest BCUT2D eigenvalue weighted by Gasteiger charge is -2.35. The van der Waals surface area contributed by atoms with Gasteiger partial charge in [0.2, 0.25) is 0 Å². The Balaban J connectivity index is 1.43. The lowest BCUT2D eigenvalue weighted by molar-refractivity contribution is 0.0535. The van der Waals surface area contributed by atoms with Crippen LogP contribution in [-0.4, -0.2) is 52.8 Å². The van der Waals surface area contributed by atoms with Crippen LogP contribution >= 0.6 is 0 Å². The molecule has 4 rings (SSSR count). The first-order valence-corrected chi connectivity index (χ1v) is 9.04. The Morgan fingerprint density at radius 1 is 0.889 bits per heavy atom. The summed E-state index contributed by atoms with van der Waals surface area (Å²) in [5.74, 6) is 0.559. The van der Waals surface area contributed by atoms with Gasteiger partial charge < -0.3 is 14.2 Å². The van der Waals surface area contributed by atoms with Crippen LogP contribution in [0.15, 0.2) is 46.9 Å². The Labute approximate surface area is 157 Å². The maximum atomic E-state index is 12.8. The van der Waals surface area contributed by atoms with Crippen molar-refractivity contribution in [3.63, 3.8) is 0 Å². The van der Waals surface area contributed by atoms with Crippen molar-refractivity contribution in [3.05, 3.63) is 65.0 Å². The fourth-order valence-electron chi connectivity index (χ4n) is 3.43. The zero-order valence-electron chi connectivity index (χ0n) is 15.4. The van der Waals surface area contributed by atoms with Crippen LogP contribution in [0.25, 0.3) is 11.1 Å². The number of aromatic nitrogens is 1. The molecule has 0 radical (unpaired) electrons. The van der Waals surface area contributed by atoms with Crippen LogP contribution in [0, 0.1) is 13.8 Å². The van der Waals surface area contributed by atoms with Crippen molar-refractivity contribution in [2.24, 2.45) is 0 Å². The molecule has 1 aliphatic rings. The van der Waals surface area contributed by atoms with E-state index in [2.05, 4.69) is 4.98 Å². The second-order valence-electron chi connectivity index (χ2n) is 6.87. The minimum Gasteiger partial charge on any atom is -0.441 e. The van der Waals surface area contributed by atoms with Gasteiger partial charge in [0.25, 0.3) is 11.8 Å². The predicted octanol–water partition coefficient (Wildman–Crippen LogP) is 3.04. The third kappa shape index (κ3) is 3.43. The summed E-state index contributed by atoms with van der Waals surface area (Å²) in [5.41, 5.74) is 3.72. The van der Waals surface area contributed by atoms with Crippen molar-refractivity contribution in [2.45, 2.75) is 13.8 Å². The summed E-state index contributed by atoms with van der Waals surface area (Å²) in [4.78, 5) is 33.3. The number of amides is 2. The average molecular weight is 363 g/mol. The highest BCUT2D eigenvalue weighted by Gasteiger charge is 2.25. The molecule has 1 aliphatic heterocycles. The molecule has 2 aromatic carbocycles. The number of aryl methyl sites for hydroxylation is 2. The van der Waals surface area contributed by atoms with Crippen LogP contribution in [0.2, 0.25) is 0 Å². The summed E-state index contributed by atoms with van der Waals surface area (Å²) >= 11 is 0. The lowest BCUT2D eigenvalue weighted by atomic mass is 10.1. The fraction of sp³-hybridized carbons (Fsp3) is 0.286. The van der Waals surface area contributed by atoms with E-state index in [0.717, 1.165) is 5.56 Å². The Bertz CT molecular complexity index is 1020. The number of fused-ring (bicyclic) bond motifs is 1. The number of hydrogen-bond acceptors (Lipinski definition) is 4. The molecule has 0 unspecified atom stereocenters. The smallest absolute Gasteiger partial charge is 0.254 e. The number of carbonyl (C=O) groups excluding carboxylic acids is 2. The average Bonchev–Trinajstić information content (AvgIpc) is 3.06. The highest BCUT2D eigenvalue weighted by Crippen LogP contribution is 2.19. The van der Waals surface area contributed by atoms with Crippen LogP contribution in [0.4, 0.5) is 0 Å². The normalized spacial score (nSPS) is 14.6. The number of rotatable bonds is 2. The second kappa shape index (κ2) is 6.87. The summed E-state index contributed by atoms with van der Waals surface area (Å²) in [6, 6.07) is 12.9. The zero-order valence-corrected chi connectivity index (χ0v) is 15.4. The van der Waals surface area contributed by atoms with Crippen molar-refractivity contribution < 1.29 is 14.0 Å². The van der Waals surface area contributed by atoms with Crippen molar-refractivity contribution in [1.29, 1.82) is 0 Å². The molecule has 1 saturated heterocycles. The molecule has 1 aromatic heterocycles. The van der Waals surface area contributed by atoms with Crippen LogP contribution < -0.4 is 0 Å². The first kappa shape index (κ1) is 17.3. The largest absolute Gasteiger partial charge is 0.441 e. The maximum Gasteiger partial charge on any atom is 0.254 e. The number of hydrogen-bond donors (Lipinski definition) is 0. The molecule has 0 saturated carbocycles. The predicted molar refractivity (Wildman–Crippen MR) is 102 cm³/mol. The Hall–Kier alpha value is -3.15. The van der Waals surface area contributed by atoms with Crippen LogP contribution in [-0.2, 0) is 0 Å². The molecule has 2 heterocycles. The molecule has 0 atom stereocenters. The molecule has 6 nitrogen and oxygen atoms in total. The number of benzene rings is 2. The Morgan fingerprint density at radius 2 is 1.52 bits per heavy atom. The van der Waals surface area contributed by atoms with Gasteiger partial charge in [0.1, 0.15) is 5.52 Å². The van der Waals surface area contributed by atoms with Gasteiger partial charge in [-0.3, -0.25) is 9.59 Å². The van der Waals surface area contributed by atoms with Crippen molar-refractivity contribution in [3.8, 4) is 0 Å². The molecule has 0 aliphatic carbocycles. The fourth-order valence-corrected chi connectivity index (χ4v) is 3.43. The molecule has 138 valence electrons. The molecule has 0 bridgehead atoms. The van der Waals surface area contributed by atoms with E-state index in [1.165, 1.54) is 0 Å². The van der Waals surface area contributed by atoms with Crippen molar-refractivity contribution in [2.75, 3.05) is 26.2 Å². The minimum absolute atomic E-state index is 0.0188. The van der Waals surface area contributed by atoms with E-state index >= 15 is 0 Å². The first-order chi connectivity index (χ1) is 13.0. The van der Waals surface area contributed by atoms with E-state index in [4.69, 9.17) is 4.42 Å².